The van der Waals surface area contributed by atoms with Gasteiger partial charge in [-0.2, -0.15) is 0 Å². The number of ether oxygens (including phenoxy) is 1. The number of unbranched alkanes of at least 4 members (excludes halogenated alkanes) is 2. The van der Waals surface area contributed by atoms with E-state index in [4.69, 9.17) is 16.7 Å². The van der Waals surface area contributed by atoms with Crippen molar-refractivity contribution in [1.29, 1.82) is 0 Å². The Morgan fingerprint density at radius 2 is 2.20 bits per heavy atom. The first kappa shape index (κ1) is 14.3. The highest BCUT2D eigenvalue weighted by atomic mass is 35.5. The maximum atomic E-state index is 10.7. The summed E-state index contributed by atoms with van der Waals surface area (Å²) >= 11 is 5.40. The SMILES string of the molecule is COC(=O)CCCCC#CC[C@H](O)CCl. The van der Waals surface area contributed by atoms with E-state index in [2.05, 4.69) is 16.6 Å². The Morgan fingerprint density at radius 3 is 2.80 bits per heavy atom. The van der Waals surface area contributed by atoms with Crippen LogP contribution in [0.4, 0.5) is 0 Å². The summed E-state index contributed by atoms with van der Waals surface area (Å²) in [6, 6.07) is 0. The lowest BCUT2D eigenvalue weighted by Gasteiger charge is -1.98. The van der Waals surface area contributed by atoms with Crippen LogP contribution in [0.1, 0.15) is 32.1 Å². The number of hydrogen-bond acceptors (Lipinski definition) is 3. The van der Waals surface area contributed by atoms with Gasteiger partial charge in [0.25, 0.3) is 0 Å². The van der Waals surface area contributed by atoms with Crippen LogP contribution in [0.15, 0.2) is 0 Å². The van der Waals surface area contributed by atoms with Crippen LogP contribution in [0.25, 0.3) is 0 Å². The van der Waals surface area contributed by atoms with Crippen molar-refractivity contribution in [2.75, 3.05) is 13.0 Å². The van der Waals surface area contributed by atoms with E-state index in [0.717, 1.165) is 19.3 Å². The second-order valence-electron chi connectivity index (χ2n) is 3.15. The summed E-state index contributed by atoms with van der Waals surface area (Å²) in [7, 11) is 1.38. The Labute approximate surface area is 95.8 Å². The van der Waals surface area contributed by atoms with Gasteiger partial charge in [-0.1, -0.05) is 0 Å². The number of methoxy groups -OCH3 is 1. The van der Waals surface area contributed by atoms with Gasteiger partial charge in [0, 0.05) is 25.1 Å². The van der Waals surface area contributed by atoms with Crippen LogP contribution in [-0.2, 0) is 9.53 Å². The predicted molar refractivity (Wildman–Crippen MR) is 59.6 cm³/mol. The third-order valence-corrected chi connectivity index (χ3v) is 2.16. The van der Waals surface area contributed by atoms with E-state index in [-0.39, 0.29) is 11.8 Å². The molecule has 0 amide bonds. The van der Waals surface area contributed by atoms with Crippen molar-refractivity contribution in [2.45, 2.75) is 38.2 Å². The minimum absolute atomic E-state index is 0.180. The summed E-state index contributed by atoms with van der Waals surface area (Å²) in [6.45, 7) is 0. The van der Waals surface area contributed by atoms with E-state index < -0.39 is 6.10 Å². The highest BCUT2D eigenvalue weighted by Crippen LogP contribution is 2.00. The van der Waals surface area contributed by atoms with E-state index in [0.29, 0.717) is 12.8 Å². The van der Waals surface area contributed by atoms with Gasteiger partial charge in [0.15, 0.2) is 0 Å². The summed E-state index contributed by atoms with van der Waals surface area (Å²) in [5, 5.41) is 9.07. The average molecular weight is 233 g/mol. The van der Waals surface area contributed by atoms with Crippen LogP contribution >= 0.6 is 11.6 Å². The largest absolute Gasteiger partial charge is 0.469 e. The standard InChI is InChI=1S/C11H17ClO3/c1-15-11(14)8-6-4-2-3-5-7-10(13)9-12/h10,13H,2,4,6-9H2,1H3/t10-/m0/s1. The van der Waals surface area contributed by atoms with E-state index in [1.807, 2.05) is 0 Å². The molecule has 15 heavy (non-hydrogen) atoms. The number of esters is 1. The Balaban J connectivity index is 3.34. The monoisotopic (exact) mass is 232 g/mol. The maximum absolute atomic E-state index is 10.7. The first-order valence-corrected chi connectivity index (χ1v) is 5.50. The molecule has 0 rings (SSSR count). The minimum atomic E-state index is -0.533. The molecular formula is C11H17ClO3. The second-order valence-corrected chi connectivity index (χ2v) is 3.46. The minimum Gasteiger partial charge on any atom is -0.469 e. The van der Waals surface area contributed by atoms with Gasteiger partial charge in [0.05, 0.1) is 13.2 Å². The van der Waals surface area contributed by atoms with Crippen LogP contribution in [0.3, 0.4) is 0 Å². The summed E-state index contributed by atoms with van der Waals surface area (Å²) in [6.07, 6.45) is 2.74. The smallest absolute Gasteiger partial charge is 0.305 e. The Hall–Kier alpha value is -0.720. The van der Waals surface area contributed by atoms with E-state index in [1.165, 1.54) is 7.11 Å². The van der Waals surface area contributed by atoms with Gasteiger partial charge in [-0.3, -0.25) is 4.79 Å². The number of halogens is 1. The number of aliphatic hydroxyl groups excluding tert-OH is 1. The molecule has 0 spiro atoms. The van der Waals surface area contributed by atoms with Gasteiger partial charge in [-0.15, -0.1) is 23.4 Å². The van der Waals surface area contributed by atoms with Crippen LogP contribution in [0.5, 0.6) is 0 Å². The van der Waals surface area contributed by atoms with Crippen molar-refractivity contribution in [3.05, 3.63) is 0 Å². The highest BCUT2D eigenvalue weighted by Gasteiger charge is 1.98. The number of carbonyl (C=O) groups is 1. The average Bonchev–Trinajstić information content (AvgIpc) is 2.26. The molecule has 0 aliphatic rings. The fourth-order valence-corrected chi connectivity index (χ4v) is 1.03. The zero-order valence-electron chi connectivity index (χ0n) is 8.96. The third kappa shape index (κ3) is 9.58. The molecule has 0 aromatic carbocycles. The Kier molecular flexibility index (Phi) is 9.35. The molecule has 0 fully saturated rings. The van der Waals surface area contributed by atoms with Gasteiger partial charge >= 0.3 is 5.97 Å². The van der Waals surface area contributed by atoms with Crippen molar-refractivity contribution in [1.82, 2.24) is 0 Å². The second kappa shape index (κ2) is 9.82. The van der Waals surface area contributed by atoms with Gasteiger partial charge < -0.3 is 9.84 Å². The molecule has 0 aliphatic heterocycles. The topological polar surface area (TPSA) is 46.5 Å². The normalized spacial score (nSPS) is 11.4. The zero-order valence-corrected chi connectivity index (χ0v) is 9.72. The van der Waals surface area contributed by atoms with E-state index >= 15 is 0 Å². The zero-order chi connectivity index (χ0) is 11.5. The van der Waals surface area contributed by atoms with Crippen LogP contribution in [-0.4, -0.2) is 30.2 Å². The molecule has 0 heterocycles. The molecule has 0 unspecified atom stereocenters. The fraction of sp³-hybridized carbons (Fsp3) is 0.727. The Bertz CT molecular complexity index is 230. The van der Waals surface area contributed by atoms with Crippen molar-refractivity contribution < 1.29 is 14.6 Å². The number of rotatable bonds is 6. The van der Waals surface area contributed by atoms with Crippen LogP contribution < -0.4 is 0 Å². The molecule has 0 saturated carbocycles. The lowest BCUT2D eigenvalue weighted by atomic mass is 10.2. The Morgan fingerprint density at radius 1 is 1.47 bits per heavy atom. The summed E-state index contributed by atoms with van der Waals surface area (Å²) < 4.78 is 4.50. The number of carbonyl (C=O) groups excluding carboxylic acids is 1. The first-order valence-electron chi connectivity index (χ1n) is 4.97. The van der Waals surface area contributed by atoms with E-state index in [9.17, 15) is 4.79 Å². The summed E-state index contributed by atoms with van der Waals surface area (Å²) in [5.41, 5.74) is 0. The van der Waals surface area contributed by atoms with Crippen molar-refractivity contribution >= 4 is 17.6 Å². The van der Waals surface area contributed by atoms with Crippen molar-refractivity contribution in [3.8, 4) is 11.8 Å². The molecule has 86 valence electrons. The van der Waals surface area contributed by atoms with Gasteiger partial charge in [0.1, 0.15) is 0 Å². The number of aliphatic hydroxyl groups is 1. The third-order valence-electron chi connectivity index (χ3n) is 1.80. The molecular weight excluding hydrogens is 216 g/mol. The quantitative estimate of drug-likeness (QED) is 0.328. The molecule has 0 saturated heterocycles. The molecule has 4 heteroatoms. The first-order chi connectivity index (χ1) is 7.20. The molecule has 0 bridgehead atoms. The van der Waals surface area contributed by atoms with Gasteiger partial charge in [0.2, 0.25) is 0 Å². The molecule has 0 aromatic heterocycles. The lowest BCUT2D eigenvalue weighted by Crippen LogP contribution is -2.05. The molecule has 1 atom stereocenters. The lowest BCUT2D eigenvalue weighted by molar-refractivity contribution is -0.140. The molecule has 1 N–H and O–H groups in total. The van der Waals surface area contributed by atoms with E-state index in [1.54, 1.807) is 0 Å². The highest BCUT2D eigenvalue weighted by molar-refractivity contribution is 6.18. The van der Waals surface area contributed by atoms with Crippen LogP contribution in [0.2, 0.25) is 0 Å². The summed E-state index contributed by atoms with van der Waals surface area (Å²) in [5.74, 6) is 5.80. The van der Waals surface area contributed by atoms with Crippen molar-refractivity contribution in [3.63, 3.8) is 0 Å². The summed E-state index contributed by atoms with van der Waals surface area (Å²) in [4.78, 5) is 10.7. The number of hydrogen-bond donors (Lipinski definition) is 1. The molecule has 0 aliphatic carbocycles. The molecule has 0 aromatic rings. The maximum Gasteiger partial charge on any atom is 0.305 e. The van der Waals surface area contributed by atoms with Gasteiger partial charge in [-0.25, -0.2) is 0 Å². The van der Waals surface area contributed by atoms with Crippen molar-refractivity contribution in [2.24, 2.45) is 0 Å². The molecule has 3 nitrogen and oxygen atoms in total. The van der Waals surface area contributed by atoms with Gasteiger partial charge in [-0.05, 0) is 12.8 Å². The predicted octanol–water partition coefficient (Wildman–Crippen LogP) is 1.71. The van der Waals surface area contributed by atoms with Crippen LogP contribution in [0, 0.1) is 11.8 Å². The molecule has 0 radical (unpaired) electrons. The number of alkyl halides is 1. The fourth-order valence-electron chi connectivity index (χ4n) is 0.918.